The Balaban J connectivity index is 1.99. The van der Waals surface area contributed by atoms with Gasteiger partial charge < -0.3 is 15.4 Å². The summed E-state index contributed by atoms with van der Waals surface area (Å²) >= 11 is 0. The van der Waals surface area contributed by atoms with Crippen molar-refractivity contribution in [1.82, 2.24) is 20.4 Å². The van der Waals surface area contributed by atoms with Gasteiger partial charge in [-0.05, 0) is 0 Å². The van der Waals surface area contributed by atoms with Crippen molar-refractivity contribution in [1.29, 1.82) is 0 Å². The predicted octanol–water partition coefficient (Wildman–Crippen LogP) is -0.680. The van der Waals surface area contributed by atoms with Crippen LogP contribution in [0.25, 0.3) is 0 Å². The first-order valence-electron chi connectivity index (χ1n) is 6.20. The van der Waals surface area contributed by atoms with Crippen molar-refractivity contribution >= 4 is 11.8 Å². The molecule has 7 nitrogen and oxygen atoms in total. The highest BCUT2D eigenvalue weighted by Crippen LogP contribution is 2.18. The molecule has 2 heterocycles. The second-order valence-electron chi connectivity index (χ2n) is 4.54. The van der Waals surface area contributed by atoms with Gasteiger partial charge in [-0.1, -0.05) is 0 Å². The number of hydrogen-bond donors (Lipinski definition) is 2. The van der Waals surface area contributed by atoms with E-state index in [0.717, 1.165) is 5.69 Å². The van der Waals surface area contributed by atoms with Crippen LogP contribution < -0.4 is 10.6 Å². The SMILES string of the molecule is COCCNC(=O)c1cnn2c1C[C@H](NC(C)=O)C2. The summed E-state index contributed by atoms with van der Waals surface area (Å²) < 4.78 is 6.65. The first-order valence-corrected chi connectivity index (χ1v) is 6.20. The molecule has 0 radical (unpaired) electrons. The summed E-state index contributed by atoms with van der Waals surface area (Å²) in [5.74, 6) is -0.219. The van der Waals surface area contributed by atoms with E-state index in [2.05, 4.69) is 15.7 Å². The number of methoxy groups -OCH3 is 1. The molecule has 1 aliphatic heterocycles. The van der Waals surface area contributed by atoms with Gasteiger partial charge in [0.15, 0.2) is 0 Å². The van der Waals surface area contributed by atoms with Gasteiger partial charge in [0, 0.05) is 27.0 Å². The van der Waals surface area contributed by atoms with E-state index in [-0.39, 0.29) is 17.9 Å². The average molecular weight is 266 g/mol. The fraction of sp³-hybridized carbons (Fsp3) is 0.583. The Kier molecular flexibility index (Phi) is 4.16. The van der Waals surface area contributed by atoms with Crippen LogP contribution in [0.5, 0.6) is 0 Å². The maximum absolute atomic E-state index is 12.0. The van der Waals surface area contributed by atoms with Gasteiger partial charge in [0.25, 0.3) is 5.91 Å². The first kappa shape index (κ1) is 13.5. The zero-order valence-corrected chi connectivity index (χ0v) is 11.1. The van der Waals surface area contributed by atoms with Crippen LogP contribution in [0.2, 0.25) is 0 Å². The fourth-order valence-electron chi connectivity index (χ4n) is 2.23. The lowest BCUT2D eigenvalue weighted by atomic mass is 10.1. The van der Waals surface area contributed by atoms with E-state index in [1.165, 1.54) is 6.92 Å². The summed E-state index contributed by atoms with van der Waals surface area (Å²) in [7, 11) is 1.59. The second-order valence-corrected chi connectivity index (χ2v) is 4.54. The van der Waals surface area contributed by atoms with Crippen LogP contribution in [-0.4, -0.2) is 47.9 Å². The molecule has 2 N–H and O–H groups in total. The Morgan fingerprint density at radius 1 is 1.58 bits per heavy atom. The van der Waals surface area contributed by atoms with Crippen molar-refractivity contribution in [3.63, 3.8) is 0 Å². The van der Waals surface area contributed by atoms with E-state index in [4.69, 9.17) is 4.74 Å². The monoisotopic (exact) mass is 266 g/mol. The topological polar surface area (TPSA) is 85.2 Å². The standard InChI is InChI=1S/C12H18N4O3/c1-8(17)15-9-5-11-10(6-14-16(11)7-9)12(18)13-3-4-19-2/h6,9H,3-5,7H2,1-2H3,(H,13,18)(H,15,17)/t9-/m0/s1. The number of aromatic nitrogens is 2. The van der Waals surface area contributed by atoms with E-state index in [0.29, 0.717) is 31.7 Å². The van der Waals surface area contributed by atoms with E-state index >= 15 is 0 Å². The lowest BCUT2D eigenvalue weighted by Crippen LogP contribution is -2.34. The molecule has 2 amide bonds. The summed E-state index contributed by atoms with van der Waals surface area (Å²) in [6, 6.07) is 0.0201. The summed E-state index contributed by atoms with van der Waals surface area (Å²) in [5.41, 5.74) is 1.44. The molecule has 104 valence electrons. The molecule has 0 aliphatic carbocycles. The highest BCUT2D eigenvalue weighted by Gasteiger charge is 2.27. The van der Waals surface area contributed by atoms with Crippen LogP contribution in [-0.2, 0) is 22.5 Å². The zero-order chi connectivity index (χ0) is 13.8. The summed E-state index contributed by atoms with van der Waals surface area (Å²) in [4.78, 5) is 23.0. The third kappa shape index (κ3) is 3.11. The maximum atomic E-state index is 12.0. The minimum atomic E-state index is -0.151. The Labute approximate surface area is 111 Å². The number of rotatable bonds is 5. The predicted molar refractivity (Wildman–Crippen MR) is 67.7 cm³/mol. The lowest BCUT2D eigenvalue weighted by Gasteiger charge is -2.09. The Hall–Kier alpha value is -1.89. The highest BCUT2D eigenvalue weighted by molar-refractivity contribution is 5.95. The molecule has 19 heavy (non-hydrogen) atoms. The average Bonchev–Trinajstić information content (AvgIpc) is 2.87. The van der Waals surface area contributed by atoms with Crippen LogP contribution in [0.1, 0.15) is 23.0 Å². The Bertz CT molecular complexity index is 483. The largest absolute Gasteiger partial charge is 0.383 e. The second kappa shape index (κ2) is 5.83. The van der Waals surface area contributed by atoms with Gasteiger partial charge in [-0.15, -0.1) is 0 Å². The smallest absolute Gasteiger partial charge is 0.254 e. The lowest BCUT2D eigenvalue weighted by molar-refractivity contribution is -0.119. The number of carbonyl (C=O) groups is 2. The minimum absolute atomic E-state index is 0.0201. The number of nitrogens with one attached hydrogen (secondary N) is 2. The number of ether oxygens (including phenoxy) is 1. The van der Waals surface area contributed by atoms with Gasteiger partial charge >= 0.3 is 0 Å². The van der Waals surface area contributed by atoms with E-state index < -0.39 is 0 Å². The molecule has 0 fully saturated rings. The molecule has 0 aromatic carbocycles. The Morgan fingerprint density at radius 3 is 3.05 bits per heavy atom. The number of amides is 2. The van der Waals surface area contributed by atoms with Crippen LogP contribution >= 0.6 is 0 Å². The van der Waals surface area contributed by atoms with E-state index in [1.54, 1.807) is 18.0 Å². The minimum Gasteiger partial charge on any atom is -0.383 e. The summed E-state index contributed by atoms with van der Waals surface area (Å²) in [6.45, 7) is 3.04. The number of hydrogen-bond acceptors (Lipinski definition) is 4. The molecule has 1 aliphatic rings. The highest BCUT2D eigenvalue weighted by atomic mass is 16.5. The molecule has 0 bridgehead atoms. The number of carbonyl (C=O) groups excluding carboxylic acids is 2. The number of nitrogens with zero attached hydrogens (tertiary/aromatic N) is 2. The van der Waals surface area contributed by atoms with Crippen molar-refractivity contribution < 1.29 is 14.3 Å². The van der Waals surface area contributed by atoms with Gasteiger partial charge in [-0.2, -0.15) is 5.10 Å². The molecule has 0 spiro atoms. The molecule has 0 saturated carbocycles. The molecule has 0 saturated heterocycles. The first-order chi connectivity index (χ1) is 9.11. The summed E-state index contributed by atoms with van der Waals surface area (Å²) in [6.07, 6.45) is 2.20. The zero-order valence-electron chi connectivity index (χ0n) is 11.1. The van der Waals surface area contributed by atoms with Gasteiger partial charge in [0.2, 0.25) is 5.91 Å². The van der Waals surface area contributed by atoms with Crippen molar-refractivity contribution in [3.05, 3.63) is 17.5 Å². The maximum Gasteiger partial charge on any atom is 0.254 e. The molecule has 1 atom stereocenters. The van der Waals surface area contributed by atoms with Gasteiger partial charge in [0.1, 0.15) is 0 Å². The van der Waals surface area contributed by atoms with Crippen molar-refractivity contribution in [2.24, 2.45) is 0 Å². The molecular formula is C12H18N4O3. The molecule has 2 rings (SSSR count). The van der Waals surface area contributed by atoms with E-state index in [1.807, 2.05) is 0 Å². The van der Waals surface area contributed by atoms with Crippen molar-refractivity contribution in [2.45, 2.75) is 25.9 Å². The van der Waals surface area contributed by atoms with Crippen LogP contribution in [0.3, 0.4) is 0 Å². The normalized spacial score (nSPS) is 17.1. The van der Waals surface area contributed by atoms with Gasteiger partial charge in [-0.25, -0.2) is 0 Å². The third-order valence-corrected chi connectivity index (χ3v) is 3.03. The molecule has 0 unspecified atom stereocenters. The number of fused-ring (bicyclic) bond motifs is 1. The van der Waals surface area contributed by atoms with Gasteiger partial charge in [0.05, 0.1) is 36.6 Å². The van der Waals surface area contributed by atoms with Crippen molar-refractivity contribution in [2.75, 3.05) is 20.3 Å². The van der Waals surface area contributed by atoms with Crippen molar-refractivity contribution in [3.8, 4) is 0 Å². The quantitative estimate of drug-likeness (QED) is 0.692. The van der Waals surface area contributed by atoms with Crippen LogP contribution in [0.4, 0.5) is 0 Å². The van der Waals surface area contributed by atoms with E-state index in [9.17, 15) is 9.59 Å². The molecular weight excluding hydrogens is 248 g/mol. The van der Waals surface area contributed by atoms with Gasteiger partial charge in [-0.3, -0.25) is 14.3 Å². The molecule has 7 heteroatoms. The van der Waals surface area contributed by atoms with Crippen LogP contribution in [0, 0.1) is 0 Å². The summed E-state index contributed by atoms with van der Waals surface area (Å²) in [5, 5.41) is 9.79. The molecule has 1 aromatic heterocycles. The third-order valence-electron chi connectivity index (χ3n) is 3.03. The fourth-order valence-corrected chi connectivity index (χ4v) is 2.23. The van der Waals surface area contributed by atoms with Crippen LogP contribution in [0.15, 0.2) is 6.20 Å². The Morgan fingerprint density at radius 2 is 2.37 bits per heavy atom. The molecule has 1 aromatic rings.